The Balaban J connectivity index is 1.78. The van der Waals surface area contributed by atoms with Gasteiger partial charge in [0.1, 0.15) is 6.04 Å². The summed E-state index contributed by atoms with van der Waals surface area (Å²) < 4.78 is 16.3. The zero-order valence-corrected chi connectivity index (χ0v) is 17.0. The van der Waals surface area contributed by atoms with E-state index >= 15 is 0 Å². The minimum absolute atomic E-state index is 0.256. The summed E-state index contributed by atoms with van der Waals surface area (Å²) in [5.41, 5.74) is 4.17. The third-order valence-electron chi connectivity index (χ3n) is 6.01. The largest absolute Gasteiger partial charge is 0.493 e. The van der Waals surface area contributed by atoms with Gasteiger partial charge in [0.2, 0.25) is 0 Å². The summed E-state index contributed by atoms with van der Waals surface area (Å²) >= 11 is 0. The van der Waals surface area contributed by atoms with Crippen molar-refractivity contribution in [3.8, 4) is 11.5 Å². The Kier molecular flexibility index (Phi) is 4.20. The van der Waals surface area contributed by atoms with Gasteiger partial charge in [0.05, 0.1) is 32.4 Å². The molecule has 0 aliphatic carbocycles. The molecule has 0 radical (unpaired) electrons. The number of fused-ring (bicyclic) bond motifs is 7. The molecular weight excluding hydrogens is 384 g/mol. The van der Waals surface area contributed by atoms with Gasteiger partial charge >= 0.3 is 5.97 Å². The number of rotatable bonds is 4. The summed E-state index contributed by atoms with van der Waals surface area (Å²) in [6.45, 7) is 2.02. The van der Waals surface area contributed by atoms with Crippen LogP contribution in [0.3, 0.4) is 0 Å². The van der Waals surface area contributed by atoms with Gasteiger partial charge in [-0.3, -0.25) is 4.79 Å². The molecule has 2 aromatic carbocycles. The van der Waals surface area contributed by atoms with E-state index in [1.54, 1.807) is 17.9 Å². The van der Waals surface area contributed by atoms with Crippen LogP contribution in [0, 0.1) is 0 Å². The lowest BCUT2D eigenvalue weighted by molar-refractivity contribution is -0.149. The molecule has 0 fully saturated rings. The van der Waals surface area contributed by atoms with Crippen molar-refractivity contribution >= 4 is 22.8 Å². The van der Waals surface area contributed by atoms with Crippen LogP contribution in [0.25, 0.3) is 10.9 Å². The molecule has 0 saturated carbocycles. The Hall–Kier alpha value is -3.48. The van der Waals surface area contributed by atoms with Crippen LogP contribution in [-0.4, -0.2) is 48.6 Å². The number of nitrogens with one attached hydrogen (secondary N) is 1. The molecule has 1 aromatic heterocycles. The molecule has 3 aromatic rings. The summed E-state index contributed by atoms with van der Waals surface area (Å²) in [4.78, 5) is 31.6. The van der Waals surface area contributed by atoms with E-state index in [2.05, 4.69) is 4.98 Å². The number of carbonyl (C=O) groups excluding carboxylic acids is 2. The van der Waals surface area contributed by atoms with Crippen LogP contribution < -0.4 is 9.47 Å². The lowest BCUT2D eigenvalue weighted by Gasteiger charge is -2.36. The van der Waals surface area contributed by atoms with Crippen molar-refractivity contribution in [2.24, 2.45) is 0 Å². The van der Waals surface area contributed by atoms with Crippen molar-refractivity contribution in [3.63, 3.8) is 0 Å². The maximum absolute atomic E-state index is 13.6. The Bertz CT molecular complexity index is 1180. The number of nitrogens with zero attached hydrogens (tertiary/aromatic N) is 1. The van der Waals surface area contributed by atoms with Crippen LogP contribution in [0.2, 0.25) is 0 Å². The fraction of sp³-hybridized carbons (Fsp3) is 0.304. The Morgan fingerprint density at radius 3 is 2.70 bits per heavy atom. The molecule has 0 bridgehead atoms. The standard InChI is InChI=1S/C23H22N2O5/c1-4-30-23(27)16-11-14-12-7-5-6-8-15(12)24-19(14)20-13-9-10-17(28-2)21(29-3)18(13)22(26)25(16)20/h5-10,16,20,24H,4,11H2,1-3H3/t16-,20-/m1/s1. The maximum Gasteiger partial charge on any atom is 0.329 e. The second-order valence-electron chi connectivity index (χ2n) is 7.42. The van der Waals surface area contributed by atoms with Gasteiger partial charge in [-0.05, 0) is 30.2 Å². The molecule has 3 heterocycles. The van der Waals surface area contributed by atoms with Gasteiger partial charge in [0.25, 0.3) is 5.91 Å². The molecule has 0 spiro atoms. The number of aromatic amines is 1. The van der Waals surface area contributed by atoms with E-state index < -0.39 is 18.1 Å². The summed E-state index contributed by atoms with van der Waals surface area (Å²) in [7, 11) is 3.05. The molecule has 7 nitrogen and oxygen atoms in total. The topological polar surface area (TPSA) is 80.9 Å². The highest BCUT2D eigenvalue weighted by Gasteiger charge is 2.51. The summed E-state index contributed by atoms with van der Waals surface area (Å²) in [6, 6.07) is 10.5. The molecule has 30 heavy (non-hydrogen) atoms. The first-order valence-electron chi connectivity index (χ1n) is 9.94. The van der Waals surface area contributed by atoms with Crippen LogP contribution in [0.1, 0.15) is 40.1 Å². The normalized spacial score (nSPS) is 19.3. The average molecular weight is 406 g/mol. The van der Waals surface area contributed by atoms with Gasteiger partial charge in [-0.15, -0.1) is 0 Å². The minimum atomic E-state index is -0.711. The van der Waals surface area contributed by atoms with Crippen molar-refractivity contribution in [3.05, 3.63) is 58.8 Å². The van der Waals surface area contributed by atoms with Gasteiger partial charge in [-0.2, -0.15) is 0 Å². The van der Waals surface area contributed by atoms with Crippen molar-refractivity contribution in [2.45, 2.75) is 25.4 Å². The molecular formula is C23H22N2O5. The summed E-state index contributed by atoms with van der Waals surface area (Å²) in [6.07, 6.45) is 0.397. The minimum Gasteiger partial charge on any atom is -0.493 e. The van der Waals surface area contributed by atoms with E-state index in [-0.39, 0.29) is 12.5 Å². The van der Waals surface area contributed by atoms with E-state index in [4.69, 9.17) is 14.2 Å². The fourth-order valence-corrected chi connectivity index (χ4v) is 4.80. The first-order valence-corrected chi connectivity index (χ1v) is 9.94. The number of methoxy groups -OCH3 is 2. The number of amides is 1. The molecule has 7 heteroatoms. The second-order valence-corrected chi connectivity index (χ2v) is 7.42. The Morgan fingerprint density at radius 1 is 1.17 bits per heavy atom. The predicted molar refractivity (Wildman–Crippen MR) is 110 cm³/mol. The number of aromatic nitrogens is 1. The lowest BCUT2D eigenvalue weighted by Crippen LogP contribution is -2.48. The zero-order valence-electron chi connectivity index (χ0n) is 17.0. The third-order valence-corrected chi connectivity index (χ3v) is 6.01. The van der Waals surface area contributed by atoms with E-state index in [0.717, 1.165) is 27.7 Å². The quantitative estimate of drug-likeness (QED) is 0.673. The smallest absolute Gasteiger partial charge is 0.329 e. The number of para-hydroxylation sites is 1. The molecule has 2 aliphatic rings. The molecule has 0 unspecified atom stereocenters. The van der Waals surface area contributed by atoms with Crippen LogP contribution in [0.5, 0.6) is 11.5 Å². The number of esters is 1. The number of H-pyrrole nitrogens is 1. The first kappa shape index (κ1) is 18.5. The van der Waals surface area contributed by atoms with Crippen molar-refractivity contribution < 1.29 is 23.8 Å². The lowest BCUT2D eigenvalue weighted by atomic mass is 9.90. The highest BCUT2D eigenvalue weighted by Crippen LogP contribution is 2.50. The number of ether oxygens (including phenoxy) is 3. The average Bonchev–Trinajstić information content (AvgIpc) is 3.28. The Morgan fingerprint density at radius 2 is 1.97 bits per heavy atom. The van der Waals surface area contributed by atoms with E-state index in [9.17, 15) is 9.59 Å². The molecule has 1 N–H and O–H groups in total. The van der Waals surface area contributed by atoms with Gasteiger partial charge in [0, 0.05) is 23.0 Å². The highest BCUT2D eigenvalue weighted by molar-refractivity contribution is 6.06. The molecule has 154 valence electrons. The van der Waals surface area contributed by atoms with Crippen molar-refractivity contribution in [1.29, 1.82) is 0 Å². The summed E-state index contributed by atoms with van der Waals surface area (Å²) in [5, 5.41) is 1.06. The van der Waals surface area contributed by atoms with E-state index in [1.165, 1.54) is 14.2 Å². The molecule has 1 amide bonds. The number of hydrogen-bond acceptors (Lipinski definition) is 5. The van der Waals surface area contributed by atoms with Crippen LogP contribution in [0.4, 0.5) is 0 Å². The van der Waals surface area contributed by atoms with Crippen molar-refractivity contribution in [2.75, 3.05) is 20.8 Å². The van der Waals surface area contributed by atoms with Crippen molar-refractivity contribution in [1.82, 2.24) is 9.88 Å². The van der Waals surface area contributed by atoms with Gasteiger partial charge < -0.3 is 24.1 Å². The molecule has 2 aliphatic heterocycles. The van der Waals surface area contributed by atoms with Crippen LogP contribution >= 0.6 is 0 Å². The number of hydrogen-bond donors (Lipinski definition) is 1. The van der Waals surface area contributed by atoms with Crippen LogP contribution in [-0.2, 0) is 16.0 Å². The number of carbonyl (C=O) groups is 2. The molecule has 0 saturated heterocycles. The Labute approximate surface area is 173 Å². The monoisotopic (exact) mass is 406 g/mol. The van der Waals surface area contributed by atoms with E-state index in [0.29, 0.717) is 23.5 Å². The predicted octanol–water partition coefficient (Wildman–Crippen LogP) is 3.22. The highest BCUT2D eigenvalue weighted by atomic mass is 16.5. The SMILES string of the molecule is CCOC(=O)[C@H]1Cc2c([nH]c3ccccc23)[C@H]2c3ccc(OC)c(OC)c3C(=O)N21. The third kappa shape index (κ3) is 2.38. The zero-order chi connectivity index (χ0) is 21.0. The first-order chi connectivity index (χ1) is 14.6. The molecule has 2 atom stereocenters. The molecule has 5 rings (SSSR count). The number of benzene rings is 2. The van der Waals surface area contributed by atoms with Gasteiger partial charge in [-0.25, -0.2) is 4.79 Å². The summed E-state index contributed by atoms with van der Waals surface area (Å²) in [5.74, 6) is 0.210. The van der Waals surface area contributed by atoms with Gasteiger partial charge in [0.15, 0.2) is 11.5 Å². The van der Waals surface area contributed by atoms with E-state index in [1.807, 2.05) is 30.3 Å². The second kappa shape index (κ2) is 6.79. The van der Waals surface area contributed by atoms with Crippen LogP contribution in [0.15, 0.2) is 36.4 Å². The maximum atomic E-state index is 13.6. The fourth-order valence-electron chi connectivity index (χ4n) is 4.80. The van der Waals surface area contributed by atoms with Gasteiger partial charge in [-0.1, -0.05) is 24.3 Å².